The summed E-state index contributed by atoms with van der Waals surface area (Å²) in [6.07, 6.45) is 2.43. The number of nitrogens with one attached hydrogen (secondary N) is 2. The van der Waals surface area contributed by atoms with Crippen molar-refractivity contribution in [1.29, 1.82) is 0 Å². The molecule has 0 bridgehead atoms. The van der Waals surface area contributed by atoms with Crippen LogP contribution in [0.5, 0.6) is 0 Å². The Kier molecular flexibility index (Phi) is 7.64. The maximum Gasteiger partial charge on any atom is 0.221 e. The van der Waals surface area contributed by atoms with Crippen LogP contribution in [0.2, 0.25) is 0 Å². The van der Waals surface area contributed by atoms with Gasteiger partial charge >= 0.3 is 0 Å². The quantitative estimate of drug-likeness (QED) is 0.846. The molecule has 1 saturated heterocycles. The molecule has 0 saturated carbocycles. The number of rotatable bonds is 6. The number of carbonyl (C=O) groups is 1. The number of hydrogen-bond donors (Lipinski definition) is 2. The van der Waals surface area contributed by atoms with Crippen LogP contribution in [0.25, 0.3) is 0 Å². The van der Waals surface area contributed by atoms with Crippen LogP contribution in [0.1, 0.15) is 30.9 Å². The largest absolute Gasteiger partial charge is 0.375 e. The smallest absolute Gasteiger partial charge is 0.221 e. The molecule has 6 heteroatoms. The van der Waals surface area contributed by atoms with Crippen molar-refractivity contribution in [2.75, 3.05) is 20.2 Å². The van der Waals surface area contributed by atoms with E-state index in [1.807, 2.05) is 0 Å². The van der Waals surface area contributed by atoms with Crippen LogP contribution in [0.3, 0.4) is 0 Å². The van der Waals surface area contributed by atoms with Gasteiger partial charge in [0, 0.05) is 26.1 Å². The van der Waals surface area contributed by atoms with E-state index in [0.29, 0.717) is 19.0 Å². The SMILES string of the molecule is COC(CNC(=O)CC1CCCN1)c1ccc(F)cc1.Cl. The lowest BCUT2D eigenvalue weighted by Gasteiger charge is -2.17. The number of ether oxygens (including phenoxy) is 1. The number of benzene rings is 1. The Labute approximate surface area is 130 Å². The maximum absolute atomic E-state index is 12.9. The molecule has 0 radical (unpaired) electrons. The van der Waals surface area contributed by atoms with Crippen molar-refractivity contribution in [1.82, 2.24) is 10.6 Å². The molecule has 0 spiro atoms. The van der Waals surface area contributed by atoms with E-state index in [4.69, 9.17) is 4.74 Å². The summed E-state index contributed by atoms with van der Waals surface area (Å²) in [6, 6.07) is 6.43. The van der Waals surface area contributed by atoms with Gasteiger partial charge in [-0.2, -0.15) is 0 Å². The van der Waals surface area contributed by atoms with Crippen molar-refractivity contribution in [2.24, 2.45) is 0 Å². The Bertz CT molecular complexity index is 436. The van der Waals surface area contributed by atoms with Crippen molar-refractivity contribution in [3.05, 3.63) is 35.6 Å². The van der Waals surface area contributed by atoms with Gasteiger partial charge in [-0.25, -0.2) is 4.39 Å². The summed E-state index contributed by atoms with van der Waals surface area (Å²) in [5.74, 6) is -0.256. The molecule has 4 nitrogen and oxygen atoms in total. The summed E-state index contributed by atoms with van der Waals surface area (Å²) in [5, 5.41) is 6.17. The fraction of sp³-hybridized carbons (Fsp3) is 0.533. The molecule has 0 aromatic heterocycles. The first kappa shape index (κ1) is 17.9. The second-order valence-electron chi connectivity index (χ2n) is 5.08. The first-order valence-electron chi connectivity index (χ1n) is 6.97. The number of methoxy groups -OCH3 is 1. The molecule has 21 heavy (non-hydrogen) atoms. The van der Waals surface area contributed by atoms with Gasteiger partial charge in [-0.05, 0) is 37.1 Å². The van der Waals surface area contributed by atoms with Crippen LogP contribution < -0.4 is 10.6 Å². The van der Waals surface area contributed by atoms with Crippen LogP contribution in [0, 0.1) is 5.82 Å². The number of hydrogen-bond acceptors (Lipinski definition) is 3. The molecule has 118 valence electrons. The molecule has 2 unspecified atom stereocenters. The Balaban J connectivity index is 0.00000220. The molecule has 1 aromatic carbocycles. The highest BCUT2D eigenvalue weighted by atomic mass is 35.5. The van der Waals surface area contributed by atoms with Crippen molar-refractivity contribution < 1.29 is 13.9 Å². The fourth-order valence-electron chi connectivity index (χ4n) is 2.45. The highest BCUT2D eigenvalue weighted by Gasteiger charge is 2.18. The standard InChI is InChI=1S/C15H21FN2O2.ClH/c1-20-14(11-4-6-12(16)7-5-11)10-18-15(19)9-13-3-2-8-17-13;/h4-7,13-14,17H,2-3,8-10H2,1H3,(H,18,19);1H. The van der Waals surface area contributed by atoms with Gasteiger partial charge in [0.1, 0.15) is 5.82 Å². The highest BCUT2D eigenvalue weighted by Crippen LogP contribution is 2.16. The summed E-state index contributed by atoms with van der Waals surface area (Å²) < 4.78 is 18.2. The van der Waals surface area contributed by atoms with E-state index < -0.39 is 0 Å². The molecule has 1 aromatic rings. The van der Waals surface area contributed by atoms with Crippen LogP contribution in [-0.2, 0) is 9.53 Å². The van der Waals surface area contributed by atoms with Crippen molar-refractivity contribution >= 4 is 18.3 Å². The van der Waals surface area contributed by atoms with E-state index in [0.717, 1.165) is 24.9 Å². The summed E-state index contributed by atoms with van der Waals surface area (Å²) in [7, 11) is 1.58. The third-order valence-electron chi connectivity index (χ3n) is 3.61. The second kappa shape index (κ2) is 8.97. The maximum atomic E-state index is 12.9. The van der Waals surface area contributed by atoms with Crippen molar-refractivity contribution in [3.8, 4) is 0 Å². The van der Waals surface area contributed by atoms with Gasteiger partial charge < -0.3 is 15.4 Å². The Hall–Kier alpha value is -1.17. The van der Waals surface area contributed by atoms with Gasteiger partial charge in [0.15, 0.2) is 0 Å². The van der Waals surface area contributed by atoms with Crippen molar-refractivity contribution in [2.45, 2.75) is 31.4 Å². The molecule has 2 rings (SSSR count). The highest BCUT2D eigenvalue weighted by molar-refractivity contribution is 5.85. The monoisotopic (exact) mass is 316 g/mol. The number of carbonyl (C=O) groups excluding carboxylic acids is 1. The third-order valence-corrected chi connectivity index (χ3v) is 3.61. The summed E-state index contributed by atoms with van der Waals surface area (Å²) in [5.41, 5.74) is 0.855. The van der Waals surface area contributed by atoms with E-state index in [-0.39, 0.29) is 30.2 Å². The third kappa shape index (κ3) is 5.61. The molecule has 1 fully saturated rings. The van der Waals surface area contributed by atoms with E-state index in [2.05, 4.69) is 10.6 Å². The van der Waals surface area contributed by atoms with Crippen molar-refractivity contribution in [3.63, 3.8) is 0 Å². The van der Waals surface area contributed by atoms with Gasteiger partial charge in [-0.1, -0.05) is 12.1 Å². The van der Waals surface area contributed by atoms with Gasteiger partial charge in [-0.3, -0.25) is 4.79 Å². The van der Waals surface area contributed by atoms with E-state index in [9.17, 15) is 9.18 Å². The van der Waals surface area contributed by atoms with E-state index >= 15 is 0 Å². The Morgan fingerprint density at radius 1 is 1.48 bits per heavy atom. The molecule has 1 amide bonds. The lowest BCUT2D eigenvalue weighted by Crippen LogP contribution is -2.34. The van der Waals surface area contributed by atoms with Gasteiger partial charge in [0.05, 0.1) is 6.10 Å². The minimum atomic E-state index is -0.278. The molecule has 2 atom stereocenters. The summed E-state index contributed by atoms with van der Waals surface area (Å²) >= 11 is 0. The molecule has 0 aliphatic carbocycles. The second-order valence-corrected chi connectivity index (χ2v) is 5.08. The predicted octanol–water partition coefficient (Wildman–Crippen LogP) is 2.19. The lowest BCUT2D eigenvalue weighted by molar-refractivity contribution is -0.122. The fourth-order valence-corrected chi connectivity index (χ4v) is 2.45. The summed E-state index contributed by atoms with van der Waals surface area (Å²) in [4.78, 5) is 11.8. The van der Waals surface area contributed by atoms with Crippen LogP contribution >= 0.6 is 12.4 Å². The number of halogens is 2. The van der Waals surface area contributed by atoms with Gasteiger partial charge in [0.25, 0.3) is 0 Å². The topological polar surface area (TPSA) is 50.4 Å². The summed E-state index contributed by atoms with van der Waals surface area (Å²) in [6.45, 7) is 1.39. The minimum Gasteiger partial charge on any atom is -0.375 e. The van der Waals surface area contributed by atoms with Gasteiger partial charge in [0.2, 0.25) is 5.91 Å². The van der Waals surface area contributed by atoms with E-state index in [1.54, 1.807) is 19.2 Å². The Morgan fingerprint density at radius 3 is 2.76 bits per heavy atom. The van der Waals surface area contributed by atoms with Crippen LogP contribution in [0.4, 0.5) is 4.39 Å². The predicted molar refractivity (Wildman–Crippen MR) is 82.0 cm³/mol. The number of amides is 1. The molecular formula is C15H22ClFN2O2. The van der Waals surface area contributed by atoms with Gasteiger partial charge in [-0.15, -0.1) is 12.4 Å². The zero-order valence-corrected chi connectivity index (χ0v) is 12.9. The lowest BCUT2D eigenvalue weighted by atomic mass is 10.1. The first-order valence-corrected chi connectivity index (χ1v) is 6.97. The first-order chi connectivity index (χ1) is 9.69. The molecule has 2 N–H and O–H groups in total. The molecule has 1 heterocycles. The van der Waals surface area contributed by atoms with Crippen LogP contribution in [-0.4, -0.2) is 32.1 Å². The zero-order valence-electron chi connectivity index (χ0n) is 12.1. The molecule has 1 aliphatic heterocycles. The Morgan fingerprint density at radius 2 is 2.19 bits per heavy atom. The van der Waals surface area contributed by atoms with E-state index in [1.165, 1.54) is 12.1 Å². The molecule has 1 aliphatic rings. The van der Waals surface area contributed by atoms with Crippen LogP contribution in [0.15, 0.2) is 24.3 Å². The zero-order chi connectivity index (χ0) is 14.4. The normalized spacial score (nSPS) is 18.9. The molecular weight excluding hydrogens is 295 g/mol. The average molecular weight is 317 g/mol. The average Bonchev–Trinajstić information content (AvgIpc) is 2.94. The minimum absolute atomic E-state index is 0.